The molecular weight excluding hydrogens is 228 g/mol. The molecule has 2 saturated heterocycles. The van der Waals surface area contributed by atoms with Crippen LogP contribution < -0.4 is 5.73 Å². The van der Waals surface area contributed by atoms with E-state index in [9.17, 15) is 13.5 Å². The Labute approximate surface area is 96.5 Å². The van der Waals surface area contributed by atoms with Gasteiger partial charge in [-0.2, -0.15) is 0 Å². The maximum atomic E-state index is 11.6. The summed E-state index contributed by atoms with van der Waals surface area (Å²) in [6.07, 6.45) is 1.72. The van der Waals surface area contributed by atoms with Gasteiger partial charge in [-0.3, -0.25) is 0 Å². The predicted octanol–water partition coefficient (Wildman–Crippen LogP) is -1.04. The molecule has 16 heavy (non-hydrogen) atoms. The zero-order chi connectivity index (χ0) is 12.0. The second kappa shape index (κ2) is 3.66. The summed E-state index contributed by atoms with van der Waals surface area (Å²) in [6.45, 7) is 1.24. The molecule has 0 saturated carbocycles. The molecule has 6 heteroatoms. The van der Waals surface area contributed by atoms with Crippen molar-refractivity contribution in [3.63, 3.8) is 0 Å². The van der Waals surface area contributed by atoms with E-state index in [0.717, 1.165) is 6.54 Å². The Morgan fingerprint density at radius 3 is 2.56 bits per heavy atom. The van der Waals surface area contributed by atoms with E-state index in [4.69, 9.17) is 5.73 Å². The van der Waals surface area contributed by atoms with Gasteiger partial charge in [0, 0.05) is 13.1 Å². The highest BCUT2D eigenvalue weighted by atomic mass is 32.2. The van der Waals surface area contributed by atoms with E-state index in [0.29, 0.717) is 25.8 Å². The van der Waals surface area contributed by atoms with Gasteiger partial charge in [0.15, 0.2) is 9.84 Å². The Morgan fingerprint density at radius 1 is 1.38 bits per heavy atom. The minimum Gasteiger partial charge on any atom is -0.387 e. The molecule has 0 spiro atoms. The van der Waals surface area contributed by atoms with Crippen LogP contribution >= 0.6 is 0 Å². The average Bonchev–Trinajstić information content (AvgIpc) is 2.45. The first-order valence-corrected chi connectivity index (χ1v) is 7.49. The largest absolute Gasteiger partial charge is 0.387 e. The molecule has 2 rings (SSSR count). The molecule has 0 radical (unpaired) electrons. The number of nitrogens with two attached hydrogens (primary N) is 1. The minimum absolute atomic E-state index is 0.0790. The lowest BCUT2D eigenvalue weighted by Gasteiger charge is -2.44. The van der Waals surface area contributed by atoms with Crippen LogP contribution in [-0.4, -0.2) is 61.2 Å². The number of likely N-dealkylation sites (N-methyl/N-ethyl adjacent to an activating group) is 1. The van der Waals surface area contributed by atoms with E-state index in [2.05, 4.69) is 0 Å². The lowest BCUT2D eigenvalue weighted by molar-refractivity contribution is -0.0213. The highest BCUT2D eigenvalue weighted by Crippen LogP contribution is 2.36. The van der Waals surface area contributed by atoms with Gasteiger partial charge < -0.3 is 15.7 Å². The normalized spacial score (nSPS) is 44.7. The number of likely N-dealkylation sites (tertiary alicyclic amines) is 1. The van der Waals surface area contributed by atoms with Crippen molar-refractivity contribution in [3.8, 4) is 0 Å². The minimum atomic E-state index is -3.09. The Hall–Kier alpha value is -0.170. The molecule has 0 aromatic carbocycles. The highest BCUT2D eigenvalue weighted by Gasteiger charge is 2.53. The number of nitrogens with zero attached hydrogens (tertiary/aromatic N) is 1. The number of β-amino-alcohol motifs (C(OH)–C–C–N with tert-alkyl or cyclic N) is 1. The van der Waals surface area contributed by atoms with E-state index in [1.54, 1.807) is 0 Å². The number of hydrogen-bond donors (Lipinski definition) is 2. The molecule has 94 valence electrons. The molecule has 0 amide bonds. The van der Waals surface area contributed by atoms with Gasteiger partial charge in [-0.05, 0) is 26.3 Å². The van der Waals surface area contributed by atoms with Crippen LogP contribution in [0, 0.1) is 0 Å². The molecule has 2 aliphatic heterocycles. The Bertz CT molecular complexity index is 384. The Morgan fingerprint density at radius 2 is 2.06 bits per heavy atom. The first kappa shape index (κ1) is 12.3. The maximum absolute atomic E-state index is 11.6. The molecule has 0 bridgehead atoms. The average molecular weight is 248 g/mol. The first-order valence-electron chi connectivity index (χ1n) is 5.67. The quantitative estimate of drug-likeness (QED) is 0.619. The molecule has 0 aromatic heterocycles. The molecule has 3 N–H and O–H groups in total. The SMILES string of the molecule is CN1CCC(O)(C2(N)CCCS(=O)(=O)C2)C1. The van der Waals surface area contributed by atoms with E-state index in [1.165, 1.54) is 0 Å². The van der Waals surface area contributed by atoms with E-state index < -0.39 is 21.0 Å². The molecule has 5 nitrogen and oxygen atoms in total. The number of aliphatic hydroxyl groups is 1. The van der Waals surface area contributed by atoms with Crippen LogP contribution in [0.5, 0.6) is 0 Å². The van der Waals surface area contributed by atoms with Crippen LogP contribution in [0.25, 0.3) is 0 Å². The smallest absolute Gasteiger partial charge is 0.152 e. The summed E-state index contributed by atoms with van der Waals surface area (Å²) >= 11 is 0. The highest BCUT2D eigenvalue weighted by molar-refractivity contribution is 7.91. The van der Waals surface area contributed by atoms with Gasteiger partial charge in [-0.15, -0.1) is 0 Å². The summed E-state index contributed by atoms with van der Waals surface area (Å²) in [7, 11) is -1.17. The second-order valence-electron chi connectivity index (χ2n) is 5.37. The number of hydrogen-bond acceptors (Lipinski definition) is 5. The van der Waals surface area contributed by atoms with Crippen LogP contribution in [0.15, 0.2) is 0 Å². The van der Waals surface area contributed by atoms with Crippen LogP contribution in [0.4, 0.5) is 0 Å². The van der Waals surface area contributed by atoms with Gasteiger partial charge in [-0.25, -0.2) is 8.42 Å². The van der Waals surface area contributed by atoms with Crippen molar-refractivity contribution < 1.29 is 13.5 Å². The number of rotatable bonds is 1. The Kier molecular flexibility index (Phi) is 2.81. The standard InChI is InChI=1S/C10H20N2O3S/c1-12-5-4-10(13,7-12)9(11)3-2-6-16(14,15)8-9/h13H,2-8,11H2,1H3. The van der Waals surface area contributed by atoms with Crippen molar-refractivity contribution in [2.75, 3.05) is 31.6 Å². The summed E-state index contributed by atoms with van der Waals surface area (Å²) in [5.74, 6) is 0.127. The lowest BCUT2D eigenvalue weighted by atomic mass is 9.77. The van der Waals surface area contributed by atoms with Gasteiger partial charge in [0.2, 0.25) is 0 Å². The first-order chi connectivity index (χ1) is 7.27. The van der Waals surface area contributed by atoms with Gasteiger partial charge in [0.05, 0.1) is 22.6 Å². The van der Waals surface area contributed by atoms with Crippen molar-refractivity contribution in [2.45, 2.75) is 30.4 Å². The van der Waals surface area contributed by atoms with Gasteiger partial charge in [0.25, 0.3) is 0 Å². The van der Waals surface area contributed by atoms with Crippen LogP contribution in [0.1, 0.15) is 19.3 Å². The Balaban J connectivity index is 2.24. The number of sulfone groups is 1. The third kappa shape index (κ3) is 1.99. The fourth-order valence-electron chi connectivity index (χ4n) is 2.90. The zero-order valence-corrected chi connectivity index (χ0v) is 10.5. The maximum Gasteiger partial charge on any atom is 0.152 e. The second-order valence-corrected chi connectivity index (χ2v) is 7.56. The fraction of sp³-hybridized carbons (Fsp3) is 1.00. The predicted molar refractivity (Wildman–Crippen MR) is 61.9 cm³/mol. The molecule has 2 fully saturated rings. The fourth-order valence-corrected chi connectivity index (χ4v) is 4.82. The lowest BCUT2D eigenvalue weighted by Crippen LogP contribution is -2.66. The van der Waals surface area contributed by atoms with Crippen molar-refractivity contribution in [1.29, 1.82) is 0 Å². The third-order valence-electron chi connectivity index (χ3n) is 3.92. The molecule has 2 heterocycles. The summed E-state index contributed by atoms with van der Waals surface area (Å²) in [5, 5.41) is 10.5. The van der Waals surface area contributed by atoms with Gasteiger partial charge >= 0.3 is 0 Å². The van der Waals surface area contributed by atoms with E-state index in [-0.39, 0.29) is 11.5 Å². The van der Waals surface area contributed by atoms with Crippen LogP contribution in [0.2, 0.25) is 0 Å². The van der Waals surface area contributed by atoms with Gasteiger partial charge in [-0.1, -0.05) is 0 Å². The van der Waals surface area contributed by atoms with E-state index >= 15 is 0 Å². The molecule has 2 atom stereocenters. The van der Waals surface area contributed by atoms with Crippen LogP contribution in [-0.2, 0) is 9.84 Å². The molecule has 0 aromatic rings. The van der Waals surface area contributed by atoms with Crippen molar-refractivity contribution in [3.05, 3.63) is 0 Å². The van der Waals surface area contributed by atoms with Crippen molar-refractivity contribution in [1.82, 2.24) is 4.90 Å². The third-order valence-corrected chi connectivity index (χ3v) is 5.79. The molecule has 2 unspecified atom stereocenters. The summed E-state index contributed by atoms with van der Waals surface area (Å²) < 4.78 is 23.3. The monoisotopic (exact) mass is 248 g/mol. The summed E-state index contributed by atoms with van der Waals surface area (Å²) in [5.41, 5.74) is 4.17. The van der Waals surface area contributed by atoms with E-state index in [1.807, 2.05) is 11.9 Å². The molecule has 2 aliphatic rings. The van der Waals surface area contributed by atoms with Crippen molar-refractivity contribution >= 4 is 9.84 Å². The summed E-state index contributed by atoms with van der Waals surface area (Å²) in [4.78, 5) is 2.00. The van der Waals surface area contributed by atoms with Crippen molar-refractivity contribution in [2.24, 2.45) is 5.73 Å². The van der Waals surface area contributed by atoms with Crippen LogP contribution in [0.3, 0.4) is 0 Å². The molecular formula is C10H20N2O3S. The zero-order valence-electron chi connectivity index (χ0n) is 9.65. The topological polar surface area (TPSA) is 83.6 Å². The van der Waals surface area contributed by atoms with Gasteiger partial charge in [0.1, 0.15) is 0 Å². The summed E-state index contributed by atoms with van der Waals surface area (Å²) in [6, 6.07) is 0. The molecule has 0 aliphatic carbocycles.